The third-order valence-corrected chi connectivity index (χ3v) is 0.642. The van der Waals surface area contributed by atoms with Crippen LogP contribution < -0.4 is 0 Å². The molecular weight excluding hydrogens is 143 g/mol. The Hall–Kier alpha value is 0.420. The average Bonchev–Trinajstić information content (AvgIpc) is 1.30. The molecule has 0 spiro atoms. The predicted octanol–water partition coefficient (Wildman–Crippen LogP) is -1.53. The molecule has 0 aromatic heterocycles. The van der Waals surface area contributed by atoms with Gasteiger partial charge in [0.15, 0.2) is 0 Å². The van der Waals surface area contributed by atoms with E-state index in [9.17, 15) is 13.2 Å². The van der Waals surface area contributed by atoms with Crippen LogP contribution in [0.25, 0.3) is 0 Å². The molecular formula is C2H5NaO4S. The van der Waals surface area contributed by atoms with Crippen molar-refractivity contribution in [3.8, 4) is 0 Å². The number of hydrogen-bond acceptors (Lipinski definition) is 4. The summed E-state index contributed by atoms with van der Waals surface area (Å²) in [7, 11) is -3.54. The second-order valence-corrected chi connectivity index (χ2v) is 2.50. The second-order valence-electron chi connectivity index (χ2n) is 0.897. The molecule has 4 nitrogen and oxygen atoms in total. The Bertz CT molecular complexity index is 147. The van der Waals surface area contributed by atoms with Gasteiger partial charge in [0.25, 0.3) is 0 Å². The van der Waals surface area contributed by atoms with E-state index < -0.39 is 10.1 Å². The molecule has 0 unspecified atom stereocenters. The molecule has 0 saturated heterocycles. The fourth-order valence-electron chi connectivity index (χ4n) is 0.0714. The third-order valence-electron chi connectivity index (χ3n) is 0.214. The van der Waals surface area contributed by atoms with Crippen molar-refractivity contribution >= 4 is 46.1 Å². The average molecular weight is 148 g/mol. The molecule has 0 aromatic rings. The molecule has 0 aliphatic carbocycles. The number of hydrogen-bond donors (Lipinski definition) is 0. The molecule has 0 atom stereocenters. The van der Waals surface area contributed by atoms with Gasteiger partial charge in [-0.1, -0.05) is 0 Å². The summed E-state index contributed by atoms with van der Waals surface area (Å²) >= 11 is 0. The monoisotopic (exact) mass is 148 g/mol. The molecule has 0 aliphatic rings. The zero-order chi connectivity index (χ0) is 5.91. The van der Waals surface area contributed by atoms with Gasteiger partial charge < -0.3 is 4.18 Å². The Balaban J connectivity index is 0. The van der Waals surface area contributed by atoms with Crippen LogP contribution in [0, 0.1) is 0 Å². The van der Waals surface area contributed by atoms with E-state index in [1.54, 1.807) is 0 Å². The van der Waals surface area contributed by atoms with Crippen molar-refractivity contribution in [1.29, 1.82) is 0 Å². The summed E-state index contributed by atoms with van der Waals surface area (Å²) in [5.74, 6) is 0. The van der Waals surface area contributed by atoms with Crippen LogP contribution in [0.3, 0.4) is 0 Å². The maximum atomic E-state index is 9.78. The first-order valence-corrected chi connectivity index (χ1v) is 3.20. The molecule has 0 aliphatic heterocycles. The van der Waals surface area contributed by atoms with E-state index in [0.29, 0.717) is 0 Å². The zero-order valence-electron chi connectivity index (χ0n) is 3.62. The fourth-order valence-corrected chi connectivity index (χ4v) is 0.214. The molecule has 6 heteroatoms. The number of carbonyl (C=O) groups is 1. The summed E-state index contributed by atoms with van der Waals surface area (Å²) in [4.78, 5) is 9.22. The van der Waals surface area contributed by atoms with Crippen molar-refractivity contribution < 1.29 is 17.4 Å². The second kappa shape index (κ2) is 4.31. The van der Waals surface area contributed by atoms with Crippen LogP contribution in [0.1, 0.15) is 0 Å². The minimum absolute atomic E-state index is 0. The van der Waals surface area contributed by atoms with Gasteiger partial charge in [-0.15, -0.1) is 0 Å². The Morgan fingerprint density at radius 1 is 1.50 bits per heavy atom. The summed E-state index contributed by atoms with van der Waals surface area (Å²) in [6.07, 6.45) is 0.793. The van der Waals surface area contributed by atoms with Crippen LogP contribution in [-0.4, -0.2) is 50.7 Å². The Morgan fingerprint density at radius 2 is 1.88 bits per heavy atom. The van der Waals surface area contributed by atoms with Gasteiger partial charge in [-0.05, 0) is 0 Å². The molecule has 0 N–H and O–H groups in total. The van der Waals surface area contributed by atoms with E-state index >= 15 is 0 Å². The third kappa shape index (κ3) is 9.65. The van der Waals surface area contributed by atoms with Crippen LogP contribution in [0.15, 0.2) is 0 Å². The van der Waals surface area contributed by atoms with E-state index in [1.807, 2.05) is 0 Å². The molecule has 0 aromatic carbocycles. The topological polar surface area (TPSA) is 60.4 Å². The Kier molecular flexibility index (Phi) is 6.06. The summed E-state index contributed by atoms with van der Waals surface area (Å²) in [6, 6.07) is 0. The first-order valence-electron chi connectivity index (χ1n) is 1.38. The molecule has 0 saturated carbocycles. The van der Waals surface area contributed by atoms with Crippen molar-refractivity contribution in [2.24, 2.45) is 0 Å². The van der Waals surface area contributed by atoms with Crippen molar-refractivity contribution in [2.75, 3.05) is 6.26 Å². The normalized spacial score (nSPS) is 9.12. The van der Waals surface area contributed by atoms with Gasteiger partial charge in [-0.3, -0.25) is 4.79 Å². The first-order chi connectivity index (χ1) is 3.06. The summed E-state index contributed by atoms with van der Waals surface area (Å²) in [5.41, 5.74) is 0. The molecule has 8 heavy (non-hydrogen) atoms. The zero-order valence-corrected chi connectivity index (χ0v) is 4.44. The molecule has 0 heterocycles. The van der Waals surface area contributed by atoms with Crippen LogP contribution in [-0.2, 0) is 19.1 Å². The fraction of sp³-hybridized carbons (Fsp3) is 0.500. The Labute approximate surface area is 69.6 Å². The van der Waals surface area contributed by atoms with Crippen molar-refractivity contribution in [1.82, 2.24) is 0 Å². The van der Waals surface area contributed by atoms with Gasteiger partial charge in [0.05, 0.1) is 6.26 Å². The minimum atomic E-state index is -3.54. The standard InChI is InChI=1S/C2H4O4S.Na.H/c1-7(4,5)6-2-3;;/h2H,1H3;;. The SMILES string of the molecule is CS(=O)(=O)OC=O.[NaH]. The first kappa shape index (κ1) is 11.2. The van der Waals surface area contributed by atoms with Crippen LogP contribution in [0.5, 0.6) is 0 Å². The van der Waals surface area contributed by atoms with Gasteiger partial charge in [-0.2, -0.15) is 8.42 Å². The van der Waals surface area contributed by atoms with Gasteiger partial charge in [0.2, 0.25) is 0 Å². The summed E-state index contributed by atoms with van der Waals surface area (Å²) < 4.78 is 23.1. The number of rotatable bonds is 2. The summed E-state index contributed by atoms with van der Waals surface area (Å²) in [6.45, 7) is -0.130. The molecule has 0 fully saturated rings. The van der Waals surface area contributed by atoms with Crippen LogP contribution in [0.4, 0.5) is 0 Å². The maximum absolute atomic E-state index is 9.78. The summed E-state index contributed by atoms with van der Waals surface area (Å²) in [5, 5.41) is 0. The van der Waals surface area contributed by atoms with Gasteiger partial charge >= 0.3 is 46.1 Å². The van der Waals surface area contributed by atoms with E-state index in [1.165, 1.54) is 0 Å². The predicted molar refractivity (Wildman–Crippen MR) is 29.1 cm³/mol. The molecule has 0 bridgehead atoms. The van der Waals surface area contributed by atoms with Gasteiger partial charge in [0, 0.05) is 0 Å². The van der Waals surface area contributed by atoms with E-state index in [2.05, 4.69) is 4.18 Å². The molecule has 0 amide bonds. The van der Waals surface area contributed by atoms with Crippen molar-refractivity contribution in [3.05, 3.63) is 0 Å². The van der Waals surface area contributed by atoms with E-state index in [4.69, 9.17) is 0 Å². The van der Waals surface area contributed by atoms with Crippen LogP contribution in [0.2, 0.25) is 0 Å². The quantitative estimate of drug-likeness (QED) is 0.271. The molecule has 44 valence electrons. The molecule has 0 rings (SSSR count). The van der Waals surface area contributed by atoms with E-state index in [-0.39, 0.29) is 36.0 Å². The van der Waals surface area contributed by atoms with Gasteiger partial charge in [-0.25, -0.2) is 0 Å². The molecule has 0 radical (unpaired) electrons. The Morgan fingerprint density at radius 3 is 1.88 bits per heavy atom. The number of carbonyl (C=O) groups excluding carboxylic acids is 1. The van der Waals surface area contributed by atoms with Gasteiger partial charge in [0.1, 0.15) is 0 Å². The van der Waals surface area contributed by atoms with Crippen molar-refractivity contribution in [2.45, 2.75) is 0 Å². The van der Waals surface area contributed by atoms with E-state index in [0.717, 1.165) is 6.26 Å². The van der Waals surface area contributed by atoms with Crippen molar-refractivity contribution in [3.63, 3.8) is 0 Å². The van der Waals surface area contributed by atoms with Crippen LogP contribution >= 0.6 is 0 Å².